The summed E-state index contributed by atoms with van der Waals surface area (Å²) in [5.41, 5.74) is 4.40. The second-order valence-corrected chi connectivity index (χ2v) is 4.17. The molecular weight excluding hydrogens is 240 g/mol. The van der Waals surface area contributed by atoms with Gasteiger partial charge in [0.15, 0.2) is 6.61 Å². The monoisotopic (exact) mass is 256 g/mol. The molecule has 4 nitrogen and oxygen atoms in total. The Hall–Kier alpha value is -2.33. The molecule has 0 aliphatic rings. The summed E-state index contributed by atoms with van der Waals surface area (Å²) in [5.74, 6) is 5.30. The minimum Gasteiger partial charge on any atom is -0.484 e. The van der Waals surface area contributed by atoms with E-state index in [1.54, 1.807) is 0 Å². The van der Waals surface area contributed by atoms with Crippen molar-refractivity contribution in [3.05, 3.63) is 65.7 Å². The minimum absolute atomic E-state index is 0.0781. The molecule has 2 rings (SSSR count). The highest BCUT2D eigenvalue weighted by atomic mass is 16.5. The van der Waals surface area contributed by atoms with Crippen molar-refractivity contribution in [2.24, 2.45) is 5.84 Å². The number of rotatable bonds is 5. The van der Waals surface area contributed by atoms with Gasteiger partial charge in [0, 0.05) is 0 Å². The van der Waals surface area contributed by atoms with Crippen LogP contribution < -0.4 is 16.0 Å². The number of nitrogens with two attached hydrogens (primary N) is 1. The first-order valence-corrected chi connectivity index (χ1v) is 6.03. The number of nitrogens with one attached hydrogen (secondary N) is 1. The van der Waals surface area contributed by atoms with Gasteiger partial charge in [-0.2, -0.15) is 0 Å². The molecule has 2 aromatic carbocycles. The van der Waals surface area contributed by atoms with Gasteiger partial charge in [0.05, 0.1) is 0 Å². The molecule has 2 aromatic rings. The fourth-order valence-corrected chi connectivity index (χ4v) is 1.77. The fraction of sp³-hybridized carbons (Fsp3) is 0.133. The number of amides is 1. The Balaban J connectivity index is 2.01. The zero-order valence-corrected chi connectivity index (χ0v) is 10.5. The van der Waals surface area contributed by atoms with Gasteiger partial charge in [0.2, 0.25) is 0 Å². The Kier molecular flexibility index (Phi) is 4.53. The lowest BCUT2D eigenvalue weighted by Gasteiger charge is -2.07. The molecule has 0 spiro atoms. The number of benzene rings is 2. The third-order valence-electron chi connectivity index (χ3n) is 2.68. The predicted octanol–water partition coefficient (Wildman–Crippen LogP) is 1.65. The highest BCUT2D eigenvalue weighted by Crippen LogP contribution is 2.16. The summed E-state index contributed by atoms with van der Waals surface area (Å²) in [5, 5.41) is 0. The van der Waals surface area contributed by atoms with Crippen molar-refractivity contribution in [3.63, 3.8) is 0 Å². The third-order valence-corrected chi connectivity index (χ3v) is 2.68. The van der Waals surface area contributed by atoms with Gasteiger partial charge in [-0.1, -0.05) is 42.5 Å². The molecular formula is C15H16N2O2. The average Bonchev–Trinajstić information content (AvgIpc) is 2.46. The van der Waals surface area contributed by atoms with Gasteiger partial charge < -0.3 is 4.74 Å². The predicted molar refractivity (Wildman–Crippen MR) is 73.5 cm³/mol. The van der Waals surface area contributed by atoms with Gasteiger partial charge >= 0.3 is 0 Å². The topological polar surface area (TPSA) is 64.3 Å². The summed E-state index contributed by atoms with van der Waals surface area (Å²) < 4.78 is 5.34. The molecule has 0 saturated carbocycles. The van der Waals surface area contributed by atoms with E-state index in [1.165, 1.54) is 5.56 Å². The van der Waals surface area contributed by atoms with Crippen LogP contribution in [0.5, 0.6) is 5.75 Å². The number of carbonyl (C=O) groups is 1. The molecule has 98 valence electrons. The minimum atomic E-state index is -0.353. The maximum absolute atomic E-state index is 11.0. The number of carbonyl (C=O) groups excluding carboxylic acids is 1. The van der Waals surface area contributed by atoms with Crippen LogP contribution in [-0.4, -0.2) is 12.5 Å². The second-order valence-electron chi connectivity index (χ2n) is 4.17. The van der Waals surface area contributed by atoms with Crippen molar-refractivity contribution in [2.75, 3.05) is 6.61 Å². The number of hydrazine groups is 1. The van der Waals surface area contributed by atoms with Gasteiger partial charge in [0.25, 0.3) is 5.91 Å². The van der Waals surface area contributed by atoms with Crippen LogP contribution in [-0.2, 0) is 11.2 Å². The lowest BCUT2D eigenvalue weighted by atomic mass is 10.1. The molecule has 0 saturated heterocycles. The first kappa shape index (κ1) is 13.1. The molecule has 0 fully saturated rings. The number of hydrogen-bond acceptors (Lipinski definition) is 3. The van der Waals surface area contributed by atoms with Crippen LogP contribution >= 0.6 is 0 Å². The Morgan fingerprint density at radius 1 is 1.05 bits per heavy atom. The smallest absolute Gasteiger partial charge is 0.271 e. The number of ether oxygens (including phenoxy) is 1. The maximum Gasteiger partial charge on any atom is 0.271 e. The molecule has 19 heavy (non-hydrogen) atoms. The summed E-state index contributed by atoms with van der Waals surface area (Å²) in [6, 6.07) is 17.9. The van der Waals surface area contributed by atoms with Crippen molar-refractivity contribution in [3.8, 4) is 5.75 Å². The van der Waals surface area contributed by atoms with Crippen molar-refractivity contribution >= 4 is 5.91 Å². The van der Waals surface area contributed by atoms with Crippen LogP contribution in [0.15, 0.2) is 54.6 Å². The maximum atomic E-state index is 11.0. The molecule has 4 heteroatoms. The standard InChI is InChI=1S/C15H16N2O2/c16-17-15(18)11-19-14-8-4-7-13(10-14)9-12-5-2-1-3-6-12/h1-8,10H,9,11,16H2,(H,17,18). The first-order chi connectivity index (χ1) is 9.28. The highest BCUT2D eigenvalue weighted by molar-refractivity contribution is 5.76. The highest BCUT2D eigenvalue weighted by Gasteiger charge is 2.02. The second kappa shape index (κ2) is 6.56. The van der Waals surface area contributed by atoms with E-state index in [-0.39, 0.29) is 12.5 Å². The summed E-state index contributed by atoms with van der Waals surface area (Å²) in [6.07, 6.45) is 0.834. The lowest BCUT2D eigenvalue weighted by molar-refractivity contribution is -0.123. The Labute approximate surface area is 112 Å². The summed E-state index contributed by atoms with van der Waals surface area (Å²) in [7, 11) is 0. The Bertz CT molecular complexity index is 541. The summed E-state index contributed by atoms with van der Waals surface area (Å²) >= 11 is 0. The normalized spacial score (nSPS) is 9.95. The molecule has 0 atom stereocenters. The SMILES string of the molecule is NNC(=O)COc1cccc(Cc2ccccc2)c1. The molecule has 0 bridgehead atoms. The van der Waals surface area contributed by atoms with Gasteiger partial charge in [-0.25, -0.2) is 5.84 Å². The quantitative estimate of drug-likeness (QED) is 0.485. The van der Waals surface area contributed by atoms with Gasteiger partial charge in [-0.15, -0.1) is 0 Å². The van der Waals surface area contributed by atoms with Crippen molar-refractivity contribution in [1.29, 1.82) is 0 Å². The van der Waals surface area contributed by atoms with Crippen molar-refractivity contribution < 1.29 is 9.53 Å². The third kappa shape index (κ3) is 4.12. The van der Waals surface area contributed by atoms with E-state index < -0.39 is 0 Å². The zero-order valence-electron chi connectivity index (χ0n) is 10.5. The zero-order chi connectivity index (χ0) is 13.5. The van der Waals surface area contributed by atoms with E-state index in [9.17, 15) is 4.79 Å². The van der Waals surface area contributed by atoms with E-state index in [2.05, 4.69) is 12.1 Å². The van der Waals surface area contributed by atoms with E-state index in [0.717, 1.165) is 12.0 Å². The average molecular weight is 256 g/mol. The van der Waals surface area contributed by atoms with Gasteiger partial charge in [0.1, 0.15) is 5.75 Å². The molecule has 0 radical (unpaired) electrons. The van der Waals surface area contributed by atoms with Crippen LogP contribution in [0.2, 0.25) is 0 Å². The van der Waals surface area contributed by atoms with Crippen LogP contribution in [0.3, 0.4) is 0 Å². The van der Waals surface area contributed by atoms with E-state index in [0.29, 0.717) is 5.75 Å². The lowest BCUT2D eigenvalue weighted by Crippen LogP contribution is -2.34. The van der Waals surface area contributed by atoms with E-state index in [1.807, 2.05) is 47.9 Å². The largest absolute Gasteiger partial charge is 0.484 e. The molecule has 0 aliphatic heterocycles. The van der Waals surface area contributed by atoms with Gasteiger partial charge in [-0.3, -0.25) is 10.2 Å². The van der Waals surface area contributed by atoms with E-state index >= 15 is 0 Å². The van der Waals surface area contributed by atoms with Crippen LogP contribution in [0, 0.1) is 0 Å². The summed E-state index contributed by atoms with van der Waals surface area (Å²) in [6.45, 7) is -0.0781. The molecule has 3 N–H and O–H groups in total. The molecule has 0 aliphatic carbocycles. The fourth-order valence-electron chi connectivity index (χ4n) is 1.77. The Morgan fingerprint density at radius 2 is 1.79 bits per heavy atom. The molecule has 0 heterocycles. The molecule has 1 amide bonds. The van der Waals surface area contributed by atoms with Crippen LogP contribution in [0.1, 0.15) is 11.1 Å². The van der Waals surface area contributed by atoms with Gasteiger partial charge in [-0.05, 0) is 29.7 Å². The summed E-state index contributed by atoms with van der Waals surface area (Å²) in [4.78, 5) is 11.0. The van der Waals surface area contributed by atoms with Crippen LogP contribution in [0.4, 0.5) is 0 Å². The van der Waals surface area contributed by atoms with Crippen molar-refractivity contribution in [1.82, 2.24) is 5.43 Å². The first-order valence-electron chi connectivity index (χ1n) is 6.03. The number of hydrogen-bond donors (Lipinski definition) is 2. The molecule has 0 unspecified atom stereocenters. The van der Waals surface area contributed by atoms with E-state index in [4.69, 9.17) is 10.6 Å². The van der Waals surface area contributed by atoms with Crippen molar-refractivity contribution in [2.45, 2.75) is 6.42 Å². The van der Waals surface area contributed by atoms with Crippen LogP contribution in [0.25, 0.3) is 0 Å². The molecule has 0 aromatic heterocycles. The Morgan fingerprint density at radius 3 is 2.53 bits per heavy atom.